The number of aliphatic carboxylic acids is 1. The van der Waals surface area contributed by atoms with E-state index in [0.29, 0.717) is 13.0 Å². The van der Waals surface area contributed by atoms with Gasteiger partial charge in [0.05, 0.1) is 5.60 Å². The zero-order valence-electron chi connectivity index (χ0n) is 12.4. The number of nitrogens with one attached hydrogen (secondary N) is 1. The highest BCUT2D eigenvalue weighted by atomic mass is 16.4. The van der Waals surface area contributed by atoms with E-state index in [4.69, 9.17) is 5.11 Å². The number of carboxylic acids is 1. The van der Waals surface area contributed by atoms with Crippen molar-refractivity contribution in [3.8, 4) is 0 Å². The highest BCUT2D eigenvalue weighted by Crippen LogP contribution is 2.28. The van der Waals surface area contributed by atoms with Gasteiger partial charge in [0.25, 0.3) is 0 Å². The molecule has 0 aromatic rings. The second-order valence-electron chi connectivity index (χ2n) is 6.77. The molecule has 1 saturated carbocycles. The lowest BCUT2D eigenvalue weighted by molar-refractivity contribution is -0.137. The standard InChI is InChI=1S/C15H29NO3/c1-14(2,9-6-13(17)18)10-11-16-12-15(19)7-4-3-5-8-15/h16,19H,3-12H2,1-2H3,(H,17,18). The topological polar surface area (TPSA) is 69.6 Å². The zero-order chi connectivity index (χ0) is 14.4. The third-order valence-corrected chi connectivity index (χ3v) is 4.23. The first kappa shape index (κ1) is 16.4. The minimum absolute atomic E-state index is 0.0422. The van der Waals surface area contributed by atoms with Gasteiger partial charge in [-0.15, -0.1) is 0 Å². The van der Waals surface area contributed by atoms with E-state index in [2.05, 4.69) is 19.2 Å². The molecule has 0 aromatic heterocycles. The van der Waals surface area contributed by atoms with Crippen molar-refractivity contribution in [1.82, 2.24) is 5.32 Å². The molecule has 0 saturated heterocycles. The molecular formula is C15H29NO3. The average molecular weight is 271 g/mol. The van der Waals surface area contributed by atoms with E-state index in [0.717, 1.165) is 38.6 Å². The Morgan fingerprint density at radius 2 is 1.84 bits per heavy atom. The number of rotatable bonds is 8. The monoisotopic (exact) mass is 271 g/mol. The van der Waals surface area contributed by atoms with Crippen LogP contribution >= 0.6 is 0 Å². The highest BCUT2D eigenvalue weighted by molar-refractivity contribution is 5.66. The Kier molecular flexibility index (Phi) is 6.27. The van der Waals surface area contributed by atoms with Crippen molar-refractivity contribution in [1.29, 1.82) is 0 Å². The third kappa shape index (κ3) is 6.92. The van der Waals surface area contributed by atoms with Crippen LogP contribution in [0.5, 0.6) is 0 Å². The van der Waals surface area contributed by atoms with Crippen molar-refractivity contribution >= 4 is 5.97 Å². The maximum atomic E-state index is 10.6. The molecule has 112 valence electrons. The van der Waals surface area contributed by atoms with Crippen LogP contribution in [0.3, 0.4) is 0 Å². The average Bonchev–Trinajstić information content (AvgIpc) is 2.34. The molecule has 0 spiro atoms. The molecule has 4 nitrogen and oxygen atoms in total. The number of aliphatic hydroxyl groups is 1. The Labute approximate surface area is 116 Å². The number of carboxylic acid groups (broad SMARTS) is 1. The zero-order valence-corrected chi connectivity index (χ0v) is 12.4. The summed E-state index contributed by atoms with van der Waals surface area (Å²) in [7, 11) is 0. The molecule has 0 radical (unpaired) electrons. The van der Waals surface area contributed by atoms with Gasteiger partial charge in [-0.25, -0.2) is 0 Å². The van der Waals surface area contributed by atoms with E-state index in [1.807, 2.05) is 0 Å². The molecule has 0 amide bonds. The van der Waals surface area contributed by atoms with Crippen molar-refractivity contribution in [3.05, 3.63) is 0 Å². The van der Waals surface area contributed by atoms with Gasteiger partial charge in [0.15, 0.2) is 0 Å². The Bertz CT molecular complexity index is 283. The van der Waals surface area contributed by atoms with Gasteiger partial charge in [0.2, 0.25) is 0 Å². The molecule has 19 heavy (non-hydrogen) atoms. The fourth-order valence-corrected chi connectivity index (χ4v) is 2.70. The van der Waals surface area contributed by atoms with Crippen LogP contribution in [0.25, 0.3) is 0 Å². The van der Waals surface area contributed by atoms with Gasteiger partial charge in [0, 0.05) is 13.0 Å². The minimum Gasteiger partial charge on any atom is -0.481 e. The lowest BCUT2D eigenvalue weighted by Gasteiger charge is -2.33. The molecule has 1 aliphatic rings. The van der Waals surface area contributed by atoms with E-state index in [1.54, 1.807) is 0 Å². The highest BCUT2D eigenvalue weighted by Gasteiger charge is 2.28. The van der Waals surface area contributed by atoms with Gasteiger partial charge in [0.1, 0.15) is 0 Å². The maximum Gasteiger partial charge on any atom is 0.303 e. The van der Waals surface area contributed by atoms with Gasteiger partial charge in [-0.2, -0.15) is 0 Å². The second-order valence-corrected chi connectivity index (χ2v) is 6.77. The first-order valence-corrected chi connectivity index (χ1v) is 7.48. The van der Waals surface area contributed by atoms with Gasteiger partial charge in [-0.3, -0.25) is 4.79 Å². The molecule has 3 N–H and O–H groups in total. The van der Waals surface area contributed by atoms with Crippen LogP contribution < -0.4 is 5.32 Å². The summed E-state index contributed by atoms with van der Waals surface area (Å²) in [5.74, 6) is -0.724. The summed E-state index contributed by atoms with van der Waals surface area (Å²) in [6.07, 6.45) is 7.18. The van der Waals surface area contributed by atoms with E-state index < -0.39 is 11.6 Å². The molecule has 0 atom stereocenters. The van der Waals surface area contributed by atoms with Crippen LogP contribution in [0, 0.1) is 5.41 Å². The summed E-state index contributed by atoms with van der Waals surface area (Å²) in [5.41, 5.74) is -0.468. The number of hydrogen-bond acceptors (Lipinski definition) is 3. The molecule has 0 aromatic carbocycles. The summed E-state index contributed by atoms with van der Waals surface area (Å²) in [6, 6.07) is 0. The molecule has 1 aliphatic carbocycles. The fourth-order valence-electron chi connectivity index (χ4n) is 2.70. The van der Waals surface area contributed by atoms with Crippen LogP contribution in [-0.4, -0.2) is 34.9 Å². The fraction of sp³-hybridized carbons (Fsp3) is 0.933. The summed E-state index contributed by atoms with van der Waals surface area (Å²) >= 11 is 0. The largest absolute Gasteiger partial charge is 0.481 e. The van der Waals surface area contributed by atoms with Crippen molar-refractivity contribution < 1.29 is 15.0 Å². The van der Waals surface area contributed by atoms with Crippen LogP contribution in [0.15, 0.2) is 0 Å². The first-order chi connectivity index (χ1) is 8.83. The number of carbonyl (C=O) groups is 1. The Morgan fingerprint density at radius 3 is 2.42 bits per heavy atom. The predicted octanol–water partition coefficient (Wildman–Crippen LogP) is 2.55. The van der Waals surface area contributed by atoms with Gasteiger partial charge >= 0.3 is 5.97 Å². The van der Waals surface area contributed by atoms with Gasteiger partial charge < -0.3 is 15.5 Å². The minimum atomic E-state index is -0.724. The Hall–Kier alpha value is -0.610. The van der Waals surface area contributed by atoms with Crippen molar-refractivity contribution in [2.24, 2.45) is 5.41 Å². The predicted molar refractivity (Wildman–Crippen MR) is 76.2 cm³/mol. The SMILES string of the molecule is CC(C)(CCNCC1(O)CCCCC1)CCC(=O)O. The molecule has 0 bridgehead atoms. The maximum absolute atomic E-state index is 10.6. The molecule has 0 unspecified atom stereocenters. The van der Waals surface area contributed by atoms with Crippen LogP contribution in [0.2, 0.25) is 0 Å². The summed E-state index contributed by atoms with van der Waals surface area (Å²) in [5, 5.41) is 22.4. The smallest absolute Gasteiger partial charge is 0.303 e. The van der Waals surface area contributed by atoms with Crippen molar-refractivity contribution in [2.45, 2.75) is 70.8 Å². The van der Waals surface area contributed by atoms with Crippen molar-refractivity contribution in [3.63, 3.8) is 0 Å². The second kappa shape index (κ2) is 7.25. The van der Waals surface area contributed by atoms with E-state index >= 15 is 0 Å². The van der Waals surface area contributed by atoms with E-state index in [1.165, 1.54) is 6.42 Å². The van der Waals surface area contributed by atoms with Gasteiger partial charge in [-0.05, 0) is 37.6 Å². The molecule has 1 rings (SSSR count). The molecule has 0 heterocycles. The van der Waals surface area contributed by atoms with Crippen LogP contribution in [0.4, 0.5) is 0 Å². The summed E-state index contributed by atoms with van der Waals surface area (Å²) in [6.45, 7) is 5.72. The molecular weight excluding hydrogens is 242 g/mol. The van der Waals surface area contributed by atoms with E-state index in [9.17, 15) is 9.90 Å². The van der Waals surface area contributed by atoms with Crippen LogP contribution in [-0.2, 0) is 4.79 Å². The third-order valence-electron chi connectivity index (χ3n) is 4.23. The Morgan fingerprint density at radius 1 is 1.21 bits per heavy atom. The van der Waals surface area contributed by atoms with Crippen molar-refractivity contribution in [2.75, 3.05) is 13.1 Å². The lowest BCUT2D eigenvalue weighted by atomic mass is 9.83. The van der Waals surface area contributed by atoms with E-state index in [-0.39, 0.29) is 11.8 Å². The summed E-state index contributed by atoms with van der Waals surface area (Å²) in [4.78, 5) is 10.6. The number of hydrogen-bond donors (Lipinski definition) is 3. The van der Waals surface area contributed by atoms with Gasteiger partial charge in [-0.1, -0.05) is 33.1 Å². The summed E-state index contributed by atoms with van der Waals surface area (Å²) < 4.78 is 0. The lowest BCUT2D eigenvalue weighted by Crippen LogP contribution is -2.42. The normalized spacial score (nSPS) is 19.3. The van der Waals surface area contributed by atoms with Crippen LogP contribution in [0.1, 0.15) is 65.2 Å². The molecule has 1 fully saturated rings. The Balaban J connectivity index is 2.16. The molecule has 4 heteroatoms. The first-order valence-electron chi connectivity index (χ1n) is 7.48. The quantitative estimate of drug-likeness (QED) is 0.593. The molecule has 0 aliphatic heterocycles.